The summed E-state index contributed by atoms with van der Waals surface area (Å²) in [6.07, 6.45) is -2.15. The van der Waals surface area contributed by atoms with Crippen molar-refractivity contribution in [3.63, 3.8) is 0 Å². The Kier molecular flexibility index (Phi) is 12.2. The van der Waals surface area contributed by atoms with E-state index in [0.717, 1.165) is 52.4 Å². The third-order valence-corrected chi connectivity index (χ3v) is 11.7. The smallest absolute Gasteiger partial charge is 0.379 e. The fraction of sp³-hybridized carbons (Fsp3) is 0.286. The second kappa shape index (κ2) is 16.9. The zero-order valence-corrected chi connectivity index (χ0v) is 32.0. The van der Waals surface area contributed by atoms with Gasteiger partial charge in [0.1, 0.15) is 12.4 Å². The number of sulfone groups is 1. The average Bonchev–Trinajstić information content (AvgIpc) is 3.44. The largest absolute Gasteiger partial charge is 0.417 e. The number of nitrogens with zero attached hydrogens (tertiary/aromatic N) is 1. The van der Waals surface area contributed by atoms with Gasteiger partial charge in [-0.2, -0.15) is 18.4 Å². The van der Waals surface area contributed by atoms with Crippen LogP contribution in [0.1, 0.15) is 64.4 Å². The summed E-state index contributed by atoms with van der Waals surface area (Å²) in [5, 5.41) is 25.3. The minimum Gasteiger partial charge on any atom is -0.379 e. The van der Waals surface area contributed by atoms with E-state index in [1.165, 1.54) is 30.3 Å². The third kappa shape index (κ3) is 9.62. The van der Waals surface area contributed by atoms with E-state index >= 15 is 0 Å². The minimum absolute atomic E-state index is 0.0636. The molecule has 0 saturated heterocycles. The first-order valence-electron chi connectivity index (χ1n) is 18.2. The van der Waals surface area contributed by atoms with Crippen molar-refractivity contribution in [2.75, 3.05) is 24.3 Å². The van der Waals surface area contributed by atoms with Crippen LogP contribution in [0.4, 0.5) is 23.2 Å². The second-order valence-electron chi connectivity index (χ2n) is 14.3. The van der Waals surface area contributed by atoms with Crippen LogP contribution in [0.2, 0.25) is 0 Å². The Morgan fingerprint density at radius 2 is 1.69 bits per heavy atom. The summed E-state index contributed by atoms with van der Waals surface area (Å²) in [6.45, 7) is 1.26. The van der Waals surface area contributed by atoms with Gasteiger partial charge in [-0.1, -0.05) is 36.4 Å². The van der Waals surface area contributed by atoms with Crippen molar-refractivity contribution in [1.29, 1.82) is 5.26 Å². The number of benzene rings is 4. The van der Waals surface area contributed by atoms with Crippen LogP contribution in [-0.4, -0.2) is 60.7 Å². The molecule has 1 atom stereocenters. The molecule has 58 heavy (non-hydrogen) atoms. The number of aryl methyl sites for hydroxylation is 2. The van der Waals surface area contributed by atoms with Gasteiger partial charge in [0.25, 0.3) is 5.91 Å². The number of aromatic nitrogens is 1. The van der Waals surface area contributed by atoms with Gasteiger partial charge in [0.05, 0.1) is 27.8 Å². The lowest BCUT2D eigenvalue weighted by Crippen LogP contribution is -2.45. The number of rotatable bonds is 14. The van der Waals surface area contributed by atoms with Crippen LogP contribution in [-0.2, 0) is 49.7 Å². The van der Waals surface area contributed by atoms with Crippen molar-refractivity contribution in [3.05, 3.63) is 118 Å². The number of amides is 2. The Morgan fingerprint density at radius 3 is 2.38 bits per heavy atom. The number of hydrogen-bond acceptors (Lipinski definition) is 8. The summed E-state index contributed by atoms with van der Waals surface area (Å²) in [6, 6.07) is 19.9. The van der Waals surface area contributed by atoms with E-state index in [9.17, 15) is 45.5 Å². The molecule has 5 aromatic rings. The van der Waals surface area contributed by atoms with E-state index in [1.807, 2.05) is 24.3 Å². The van der Waals surface area contributed by atoms with Crippen LogP contribution in [0.25, 0.3) is 22.2 Å². The molecule has 11 nitrogen and oxygen atoms in total. The van der Waals surface area contributed by atoms with Gasteiger partial charge in [0.15, 0.2) is 21.2 Å². The molecule has 0 radical (unpaired) electrons. The number of nitrogens with one attached hydrogen (secondary N) is 3. The number of alkyl halides is 3. The van der Waals surface area contributed by atoms with E-state index in [1.54, 1.807) is 12.1 Å². The number of carbonyl (C=O) groups is 3. The zero-order valence-electron chi connectivity index (χ0n) is 31.1. The molecule has 0 unspecified atom stereocenters. The lowest BCUT2D eigenvalue weighted by Gasteiger charge is -2.22. The van der Waals surface area contributed by atoms with E-state index in [0.29, 0.717) is 49.3 Å². The number of carbonyl (C=O) groups excluding carboxylic acids is 3. The van der Waals surface area contributed by atoms with Crippen molar-refractivity contribution in [1.82, 2.24) is 10.3 Å². The number of aromatic amines is 1. The predicted octanol–water partition coefficient (Wildman–Crippen LogP) is 6.81. The number of Topliss-reactive ketones (excluding diaryl/α,β-unsaturated/α-hetero) is 1. The molecular weight excluding hydrogens is 781 g/mol. The molecule has 302 valence electrons. The Bertz CT molecular complexity index is 2530. The number of halogens is 4. The number of ether oxygens (including phenoxy) is 1. The number of nitriles is 1. The summed E-state index contributed by atoms with van der Waals surface area (Å²) in [4.78, 5) is 40.9. The molecule has 2 amide bonds. The van der Waals surface area contributed by atoms with Gasteiger partial charge in [-0.3, -0.25) is 14.4 Å². The number of H-pyrrole nitrogens is 1. The first-order chi connectivity index (χ1) is 27.4. The number of ketones is 1. The molecule has 4 aromatic carbocycles. The fourth-order valence-electron chi connectivity index (χ4n) is 6.83. The molecule has 0 bridgehead atoms. The monoisotopic (exact) mass is 818 g/mol. The van der Waals surface area contributed by atoms with Crippen LogP contribution < -0.4 is 10.6 Å². The molecule has 6 rings (SSSR count). The topological polar surface area (TPSA) is 178 Å². The van der Waals surface area contributed by atoms with Crippen molar-refractivity contribution in [2.45, 2.75) is 62.2 Å². The van der Waals surface area contributed by atoms with Crippen LogP contribution in [0.15, 0.2) is 83.8 Å². The fourth-order valence-corrected chi connectivity index (χ4v) is 8.42. The zero-order chi connectivity index (χ0) is 41.8. The van der Waals surface area contributed by atoms with Gasteiger partial charge in [0.2, 0.25) is 5.91 Å². The molecule has 1 aromatic heterocycles. The molecule has 0 spiro atoms. The Hall–Kier alpha value is -5.89. The first-order valence-corrected chi connectivity index (χ1v) is 19.9. The molecule has 0 saturated carbocycles. The highest BCUT2D eigenvalue weighted by molar-refractivity contribution is 7.91. The van der Waals surface area contributed by atoms with Gasteiger partial charge >= 0.3 is 6.18 Å². The predicted molar refractivity (Wildman–Crippen MR) is 206 cm³/mol. The maximum absolute atomic E-state index is 14.3. The van der Waals surface area contributed by atoms with E-state index in [-0.39, 0.29) is 42.0 Å². The summed E-state index contributed by atoms with van der Waals surface area (Å²) in [5.41, 5.74) is 0.454. The number of aliphatic hydroxyl groups is 1. The molecule has 4 N–H and O–H groups in total. The molecule has 1 aliphatic carbocycles. The molecule has 1 aliphatic rings. The lowest BCUT2D eigenvalue weighted by molar-refractivity contribution is -0.138. The first kappa shape index (κ1) is 41.7. The van der Waals surface area contributed by atoms with Crippen LogP contribution in [0.3, 0.4) is 0 Å². The standard InChI is InChI=1S/C42H38F4N4O7S/c1-41(54,40(53)49-30-14-13-28(21-47)34(20-30)42(44,45)46)24-58(55,56)31-15-9-25(10-16-31)4-3-17-57-23-37(52)48-22-26-7-11-27(12-8-26)39-32-5-2-6-36(51)33-18-29(43)19-35(50-39)38(32)33/h7-16,18-20,50,54H,2-6,17,22-24H2,1H3,(H,48,52)(H,49,53)/t41-/m0/s1. The highest BCUT2D eigenvalue weighted by atomic mass is 32.2. The summed E-state index contributed by atoms with van der Waals surface area (Å²) in [5.74, 6) is -3.16. The highest BCUT2D eigenvalue weighted by Gasteiger charge is 2.38. The summed E-state index contributed by atoms with van der Waals surface area (Å²) < 4.78 is 85.8. The van der Waals surface area contributed by atoms with Gasteiger partial charge in [0, 0.05) is 47.4 Å². The van der Waals surface area contributed by atoms with E-state index < -0.39 is 50.2 Å². The quantitative estimate of drug-likeness (QED) is 0.0697. The second-order valence-corrected chi connectivity index (χ2v) is 16.3. The molecule has 0 aliphatic heterocycles. The van der Waals surface area contributed by atoms with Crippen molar-refractivity contribution in [3.8, 4) is 17.3 Å². The Morgan fingerprint density at radius 1 is 0.983 bits per heavy atom. The van der Waals surface area contributed by atoms with E-state index in [2.05, 4.69) is 15.6 Å². The van der Waals surface area contributed by atoms with Crippen molar-refractivity contribution < 1.29 is 50.2 Å². The van der Waals surface area contributed by atoms with Crippen molar-refractivity contribution in [2.24, 2.45) is 0 Å². The third-order valence-electron chi connectivity index (χ3n) is 9.76. The maximum atomic E-state index is 14.3. The lowest BCUT2D eigenvalue weighted by atomic mass is 9.99. The van der Waals surface area contributed by atoms with Gasteiger partial charge in [-0.25, -0.2) is 12.8 Å². The summed E-state index contributed by atoms with van der Waals surface area (Å²) in [7, 11) is -4.23. The highest BCUT2D eigenvalue weighted by Crippen LogP contribution is 2.37. The summed E-state index contributed by atoms with van der Waals surface area (Å²) >= 11 is 0. The van der Waals surface area contributed by atoms with Gasteiger partial charge < -0.3 is 25.5 Å². The maximum Gasteiger partial charge on any atom is 0.417 e. The SMILES string of the molecule is C[C@](O)(CS(=O)(=O)c1ccc(CCCOCC(=O)NCc2ccc(-c3[nH]c4cc(F)cc5c4c3CCCC5=O)cc2)cc1)C(=O)Nc1ccc(C#N)c(C(F)(F)F)c1. The van der Waals surface area contributed by atoms with Gasteiger partial charge in [-0.05, 0) is 97.3 Å². The van der Waals surface area contributed by atoms with Crippen molar-refractivity contribution >= 4 is 44.0 Å². The molecule has 16 heteroatoms. The number of hydrogen-bond donors (Lipinski definition) is 4. The molecule has 0 fully saturated rings. The van der Waals surface area contributed by atoms with Gasteiger partial charge in [-0.15, -0.1) is 0 Å². The normalized spacial score (nSPS) is 14.1. The average molecular weight is 819 g/mol. The van der Waals surface area contributed by atoms with Crippen LogP contribution in [0.5, 0.6) is 0 Å². The minimum atomic E-state index is -4.89. The number of anilines is 1. The van der Waals surface area contributed by atoms with E-state index in [4.69, 9.17) is 10.00 Å². The Balaban J connectivity index is 0.933. The molecule has 1 heterocycles. The Labute approximate surface area is 330 Å². The van der Waals surface area contributed by atoms with Crippen LogP contribution in [0, 0.1) is 17.1 Å². The molecular formula is C42H38F4N4O7S. The van der Waals surface area contributed by atoms with Crippen LogP contribution >= 0.6 is 0 Å².